The van der Waals surface area contributed by atoms with Crippen LogP contribution in [0.25, 0.3) is 0 Å². The predicted octanol–water partition coefficient (Wildman–Crippen LogP) is 2.46. The molecule has 1 atom stereocenters. The highest BCUT2D eigenvalue weighted by molar-refractivity contribution is 5.38. The highest BCUT2D eigenvalue weighted by atomic mass is 16.5. The van der Waals surface area contributed by atoms with E-state index in [1.807, 2.05) is 12.1 Å². The molecule has 1 saturated carbocycles. The maximum absolute atomic E-state index is 9.42. The molecule has 1 N–H and O–H groups in total. The van der Waals surface area contributed by atoms with Crippen LogP contribution in [0.2, 0.25) is 0 Å². The number of hydrogen-bond acceptors (Lipinski definition) is 2. The van der Waals surface area contributed by atoms with Crippen LogP contribution in [0.3, 0.4) is 0 Å². The molecular weight excluding hydrogens is 176 g/mol. The first-order chi connectivity index (χ1) is 6.69. The molecule has 0 aliphatic heterocycles. The summed E-state index contributed by atoms with van der Waals surface area (Å²) in [7, 11) is 1.74. The Bertz CT molecular complexity index is 329. The Hall–Kier alpha value is -1.02. The van der Waals surface area contributed by atoms with Crippen molar-refractivity contribution in [3.8, 4) is 5.75 Å². The molecule has 2 rings (SSSR count). The number of aromatic hydroxyl groups is 1. The van der Waals surface area contributed by atoms with Crippen molar-refractivity contribution in [1.82, 2.24) is 0 Å². The number of ether oxygens (including phenoxy) is 1. The van der Waals surface area contributed by atoms with Crippen LogP contribution in [0.4, 0.5) is 0 Å². The van der Waals surface area contributed by atoms with Crippen molar-refractivity contribution in [3.63, 3.8) is 0 Å². The summed E-state index contributed by atoms with van der Waals surface area (Å²) in [5.74, 6) is 0.345. The zero-order valence-corrected chi connectivity index (χ0v) is 8.66. The average Bonchev–Trinajstić information content (AvgIpc) is 2.97. The number of phenolic OH excluding ortho intramolecular Hbond substituents is 1. The minimum atomic E-state index is 0.160. The number of methoxy groups -OCH3 is 1. The molecule has 0 aromatic heterocycles. The smallest absolute Gasteiger partial charge is 0.115 e. The largest absolute Gasteiger partial charge is 0.508 e. The van der Waals surface area contributed by atoms with Crippen LogP contribution in [-0.4, -0.2) is 18.3 Å². The van der Waals surface area contributed by atoms with Crippen LogP contribution in [0, 0.1) is 0 Å². The van der Waals surface area contributed by atoms with Gasteiger partial charge in [-0.3, -0.25) is 0 Å². The lowest BCUT2D eigenvalue weighted by Gasteiger charge is -2.22. The fourth-order valence-corrected chi connectivity index (χ4v) is 2.11. The van der Waals surface area contributed by atoms with Crippen molar-refractivity contribution in [1.29, 1.82) is 0 Å². The van der Waals surface area contributed by atoms with Gasteiger partial charge in [-0.15, -0.1) is 0 Å². The molecule has 1 aliphatic rings. The second-order valence-corrected chi connectivity index (χ2v) is 4.08. The van der Waals surface area contributed by atoms with Crippen molar-refractivity contribution < 1.29 is 9.84 Å². The van der Waals surface area contributed by atoms with E-state index in [9.17, 15) is 5.11 Å². The molecule has 0 spiro atoms. The molecule has 1 aliphatic carbocycles. The Balaban J connectivity index is 2.30. The van der Waals surface area contributed by atoms with Crippen LogP contribution in [-0.2, 0) is 10.2 Å². The highest BCUT2D eigenvalue weighted by Crippen LogP contribution is 2.52. The van der Waals surface area contributed by atoms with E-state index in [-0.39, 0.29) is 11.5 Å². The molecule has 1 aromatic carbocycles. The monoisotopic (exact) mass is 192 g/mol. The second-order valence-electron chi connectivity index (χ2n) is 4.08. The summed E-state index contributed by atoms with van der Waals surface area (Å²) < 4.78 is 5.39. The molecule has 0 radical (unpaired) electrons. The van der Waals surface area contributed by atoms with Crippen molar-refractivity contribution in [2.45, 2.75) is 31.3 Å². The SMILES string of the molecule is COC(C)C1(c2cccc(O)c2)CC1. The Labute approximate surface area is 84.5 Å². The Kier molecular flexibility index (Phi) is 2.23. The summed E-state index contributed by atoms with van der Waals surface area (Å²) >= 11 is 0. The number of rotatable bonds is 3. The maximum atomic E-state index is 9.42. The van der Waals surface area contributed by atoms with Gasteiger partial charge in [0.25, 0.3) is 0 Å². The second kappa shape index (κ2) is 3.28. The molecule has 0 amide bonds. The predicted molar refractivity (Wildman–Crippen MR) is 55.5 cm³/mol. The average molecular weight is 192 g/mol. The molecular formula is C12H16O2. The summed E-state index contributed by atoms with van der Waals surface area (Å²) in [5.41, 5.74) is 1.36. The van der Waals surface area contributed by atoms with Gasteiger partial charge in [-0.05, 0) is 37.5 Å². The fraction of sp³-hybridized carbons (Fsp3) is 0.500. The summed E-state index contributed by atoms with van der Waals surface area (Å²) in [4.78, 5) is 0. The van der Waals surface area contributed by atoms with Gasteiger partial charge in [0.1, 0.15) is 5.75 Å². The minimum Gasteiger partial charge on any atom is -0.508 e. The normalized spacial score (nSPS) is 20.4. The van der Waals surface area contributed by atoms with Gasteiger partial charge in [-0.1, -0.05) is 12.1 Å². The third-order valence-corrected chi connectivity index (χ3v) is 3.34. The lowest BCUT2D eigenvalue weighted by Crippen LogP contribution is -2.24. The van der Waals surface area contributed by atoms with Gasteiger partial charge in [-0.2, -0.15) is 0 Å². The van der Waals surface area contributed by atoms with Gasteiger partial charge in [0.05, 0.1) is 6.10 Å². The van der Waals surface area contributed by atoms with Crippen LogP contribution in [0.15, 0.2) is 24.3 Å². The van der Waals surface area contributed by atoms with E-state index in [2.05, 4.69) is 13.0 Å². The van der Waals surface area contributed by atoms with E-state index in [0.717, 1.165) is 12.8 Å². The van der Waals surface area contributed by atoms with E-state index >= 15 is 0 Å². The van der Waals surface area contributed by atoms with E-state index < -0.39 is 0 Å². The van der Waals surface area contributed by atoms with Gasteiger partial charge >= 0.3 is 0 Å². The molecule has 0 heterocycles. The number of benzene rings is 1. The Morgan fingerprint density at radius 3 is 2.64 bits per heavy atom. The first-order valence-corrected chi connectivity index (χ1v) is 5.01. The zero-order valence-electron chi connectivity index (χ0n) is 8.66. The van der Waals surface area contributed by atoms with Crippen molar-refractivity contribution in [2.24, 2.45) is 0 Å². The first-order valence-electron chi connectivity index (χ1n) is 5.01. The summed E-state index contributed by atoms with van der Waals surface area (Å²) in [6.07, 6.45) is 2.54. The molecule has 1 aromatic rings. The van der Waals surface area contributed by atoms with Crippen LogP contribution in [0.1, 0.15) is 25.3 Å². The molecule has 1 fully saturated rings. The van der Waals surface area contributed by atoms with E-state index in [1.54, 1.807) is 13.2 Å². The summed E-state index contributed by atoms with van der Waals surface area (Å²) in [5, 5.41) is 9.42. The van der Waals surface area contributed by atoms with E-state index in [4.69, 9.17) is 4.74 Å². The quantitative estimate of drug-likeness (QED) is 0.797. The third kappa shape index (κ3) is 1.40. The van der Waals surface area contributed by atoms with Crippen LogP contribution in [0.5, 0.6) is 5.75 Å². The molecule has 0 bridgehead atoms. The number of phenols is 1. The topological polar surface area (TPSA) is 29.5 Å². The molecule has 1 unspecified atom stereocenters. The van der Waals surface area contributed by atoms with Gasteiger partial charge < -0.3 is 9.84 Å². The third-order valence-electron chi connectivity index (χ3n) is 3.34. The highest BCUT2D eigenvalue weighted by Gasteiger charge is 2.49. The van der Waals surface area contributed by atoms with Gasteiger partial charge in [0, 0.05) is 12.5 Å². The summed E-state index contributed by atoms with van der Waals surface area (Å²) in [6.45, 7) is 2.09. The zero-order chi connectivity index (χ0) is 10.2. The molecule has 0 saturated heterocycles. The van der Waals surface area contributed by atoms with Crippen LogP contribution < -0.4 is 0 Å². The Morgan fingerprint density at radius 1 is 1.43 bits per heavy atom. The summed E-state index contributed by atoms with van der Waals surface area (Å²) in [6, 6.07) is 7.52. The van der Waals surface area contributed by atoms with Gasteiger partial charge in [0.2, 0.25) is 0 Å². The Morgan fingerprint density at radius 2 is 2.14 bits per heavy atom. The van der Waals surface area contributed by atoms with Crippen molar-refractivity contribution >= 4 is 0 Å². The van der Waals surface area contributed by atoms with Gasteiger partial charge in [0.15, 0.2) is 0 Å². The first kappa shape index (κ1) is 9.53. The molecule has 14 heavy (non-hydrogen) atoms. The fourth-order valence-electron chi connectivity index (χ4n) is 2.11. The lowest BCUT2D eigenvalue weighted by atomic mass is 9.90. The standard InChI is InChI=1S/C12H16O2/c1-9(14-2)12(6-7-12)10-4-3-5-11(13)8-10/h3-5,8-9,13H,6-7H2,1-2H3. The maximum Gasteiger partial charge on any atom is 0.115 e. The minimum absolute atomic E-state index is 0.160. The molecule has 2 nitrogen and oxygen atoms in total. The molecule has 2 heteroatoms. The van der Waals surface area contributed by atoms with E-state index in [0.29, 0.717) is 5.75 Å². The lowest BCUT2D eigenvalue weighted by molar-refractivity contribution is 0.0849. The van der Waals surface area contributed by atoms with Crippen molar-refractivity contribution in [3.05, 3.63) is 29.8 Å². The number of hydrogen-bond donors (Lipinski definition) is 1. The van der Waals surface area contributed by atoms with Gasteiger partial charge in [-0.25, -0.2) is 0 Å². The molecule has 76 valence electrons. The van der Waals surface area contributed by atoms with Crippen molar-refractivity contribution in [2.75, 3.05) is 7.11 Å². The van der Waals surface area contributed by atoms with Crippen LogP contribution >= 0.6 is 0 Å². The van der Waals surface area contributed by atoms with E-state index in [1.165, 1.54) is 5.56 Å².